The molecule has 0 aromatic carbocycles. The fourth-order valence-corrected chi connectivity index (χ4v) is 6.98. The van der Waals surface area contributed by atoms with Crippen molar-refractivity contribution in [2.75, 3.05) is 0 Å². The summed E-state index contributed by atoms with van der Waals surface area (Å²) in [5.41, 5.74) is -1.01. The summed E-state index contributed by atoms with van der Waals surface area (Å²) in [6.45, 7) is 4.46. The molecule has 4 aliphatic carbocycles. The van der Waals surface area contributed by atoms with Crippen LogP contribution in [-0.2, 0) is 0 Å². The second kappa shape index (κ2) is 4.70. The minimum absolute atomic E-state index is 0.0571. The average molecular weight is 309 g/mol. The maximum atomic E-state index is 11.3. The summed E-state index contributed by atoms with van der Waals surface area (Å²) in [5, 5.41) is 32.0. The van der Waals surface area contributed by atoms with E-state index in [9.17, 15) is 15.3 Å². The van der Waals surface area contributed by atoms with Crippen LogP contribution in [0, 0.1) is 28.6 Å². The van der Waals surface area contributed by atoms with Crippen LogP contribution in [0.15, 0.2) is 0 Å². The molecule has 3 N–H and O–H groups in total. The standard InChI is InChI=1S/C19H32O3/c1-17-8-7-15-13(14(17)3-4-16(17)21)6-10-19(22)11-12(20)5-9-18(15,19)2/h12-16,20-22H,3-11H2,1-2H3/t12?,13?,14?,15?,16-,17?,18?,19?/m0/s1/i5D/t5?,12?,13?,14?,15?,16-,17?,18?,19?. The Bertz CT molecular complexity index is 499. The highest BCUT2D eigenvalue weighted by Gasteiger charge is 2.64. The molecule has 0 aliphatic heterocycles. The van der Waals surface area contributed by atoms with Gasteiger partial charge in [0.2, 0.25) is 0 Å². The third-order valence-corrected chi connectivity index (χ3v) is 8.52. The van der Waals surface area contributed by atoms with Gasteiger partial charge in [0.05, 0.1) is 17.8 Å². The Hall–Kier alpha value is -0.120. The van der Waals surface area contributed by atoms with Crippen LogP contribution < -0.4 is 0 Å². The number of hydrogen-bond donors (Lipinski definition) is 3. The van der Waals surface area contributed by atoms with Gasteiger partial charge in [-0.05, 0) is 79.9 Å². The summed E-state index contributed by atoms with van der Waals surface area (Å²) >= 11 is 0. The molecule has 0 aromatic heterocycles. The second-order valence-corrected chi connectivity index (χ2v) is 9.21. The Morgan fingerprint density at radius 2 is 1.73 bits per heavy atom. The van der Waals surface area contributed by atoms with Gasteiger partial charge in [0.1, 0.15) is 0 Å². The van der Waals surface area contributed by atoms with Gasteiger partial charge in [-0.25, -0.2) is 0 Å². The minimum atomic E-state index is -0.809. The van der Waals surface area contributed by atoms with E-state index < -0.39 is 18.1 Å². The molecule has 3 nitrogen and oxygen atoms in total. The monoisotopic (exact) mass is 309 g/mol. The van der Waals surface area contributed by atoms with E-state index in [0.717, 1.165) is 38.5 Å². The lowest BCUT2D eigenvalue weighted by molar-refractivity contribution is -0.221. The lowest BCUT2D eigenvalue weighted by Gasteiger charge is -2.63. The Morgan fingerprint density at radius 3 is 2.50 bits per heavy atom. The number of fused-ring (bicyclic) bond motifs is 5. The summed E-state index contributed by atoms with van der Waals surface area (Å²) in [5.74, 6) is 1.57. The maximum Gasteiger partial charge on any atom is 0.0728 e. The molecule has 4 saturated carbocycles. The molecule has 22 heavy (non-hydrogen) atoms. The van der Waals surface area contributed by atoms with Crippen molar-refractivity contribution >= 4 is 0 Å². The molecule has 3 heteroatoms. The van der Waals surface area contributed by atoms with Crippen molar-refractivity contribution in [2.45, 2.75) is 89.4 Å². The van der Waals surface area contributed by atoms with E-state index in [-0.39, 0.29) is 16.9 Å². The van der Waals surface area contributed by atoms with Gasteiger partial charge in [-0.2, -0.15) is 0 Å². The average Bonchev–Trinajstić information content (AvgIpc) is 2.78. The third-order valence-electron chi connectivity index (χ3n) is 8.52. The maximum absolute atomic E-state index is 11.3. The molecule has 0 saturated heterocycles. The van der Waals surface area contributed by atoms with Gasteiger partial charge in [0.15, 0.2) is 0 Å². The molecule has 0 heterocycles. The molecule has 4 aliphatic rings. The van der Waals surface area contributed by atoms with Crippen molar-refractivity contribution < 1.29 is 16.7 Å². The summed E-state index contributed by atoms with van der Waals surface area (Å²) in [4.78, 5) is 0. The number of aliphatic hydroxyl groups excluding tert-OH is 2. The van der Waals surface area contributed by atoms with Crippen LogP contribution in [0.4, 0.5) is 0 Å². The van der Waals surface area contributed by atoms with E-state index in [1.165, 1.54) is 0 Å². The largest absolute Gasteiger partial charge is 0.393 e. The SMILES string of the molecule is [2H]C1CC2(C)C3CCC4(C)C(CC[C@@H]4O)C3CCC2(O)CC1O. The van der Waals surface area contributed by atoms with Crippen LogP contribution >= 0.6 is 0 Å². The number of rotatable bonds is 0. The van der Waals surface area contributed by atoms with E-state index in [0.29, 0.717) is 30.6 Å². The van der Waals surface area contributed by atoms with Crippen LogP contribution in [0.2, 0.25) is 0 Å². The molecule has 0 radical (unpaired) electrons. The van der Waals surface area contributed by atoms with Crippen LogP contribution in [0.3, 0.4) is 0 Å². The quantitative estimate of drug-likeness (QED) is 0.645. The zero-order valence-corrected chi connectivity index (χ0v) is 14.0. The highest BCUT2D eigenvalue weighted by atomic mass is 16.3. The van der Waals surface area contributed by atoms with Crippen molar-refractivity contribution in [1.82, 2.24) is 0 Å². The van der Waals surface area contributed by atoms with Gasteiger partial charge in [0.25, 0.3) is 0 Å². The van der Waals surface area contributed by atoms with Crippen molar-refractivity contribution in [3.63, 3.8) is 0 Å². The Labute approximate surface area is 135 Å². The van der Waals surface area contributed by atoms with E-state index in [1.54, 1.807) is 0 Å². The molecule has 126 valence electrons. The summed E-state index contributed by atoms with van der Waals surface area (Å²) in [6.07, 6.45) is 5.53. The van der Waals surface area contributed by atoms with E-state index in [1.807, 2.05) is 0 Å². The first-order valence-electron chi connectivity index (χ1n) is 9.80. The zero-order valence-electron chi connectivity index (χ0n) is 15.0. The first-order valence-corrected chi connectivity index (χ1v) is 9.22. The van der Waals surface area contributed by atoms with E-state index in [2.05, 4.69) is 13.8 Å². The third kappa shape index (κ3) is 1.79. The number of hydrogen-bond acceptors (Lipinski definition) is 3. The first-order chi connectivity index (χ1) is 10.7. The molecule has 9 atom stereocenters. The van der Waals surface area contributed by atoms with Crippen molar-refractivity contribution in [3.8, 4) is 0 Å². The molecule has 0 aromatic rings. The summed E-state index contributed by atoms with van der Waals surface area (Å²) in [6, 6.07) is 0. The molecule has 8 unspecified atom stereocenters. The van der Waals surface area contributed by atoms with Gasteiger partial charge in [-0.1, -0.05) is 13.8 Å². The van der Waals surface area contributed by atoms with E-state index in [4.69, 9.17) is 1.37 Å². The van der Waals surface area contributed by atoms with Crippen LogP contribution in [0.25, 0.3) is 0 Å². The van der Waals surface area contributed by atoms with Gasteiger partial charge in [-0.15, -0.1) is 0 Å². The zero-order chi connectivity index (χ0) is 16.6. The molecule has 4 fully saturated rings. The normalized spacial score (nSPS) is 65.2. The fourth-order valence-electron chi connectivity index (χ4n) is 6.98. The van der Waals surface area contributed by atoms with Gasteiger partial charge in [-0.3, -0.25) is 0 Å². The molecule has 0 spiro atoms. The predicted octanol–water partition coefficient (Wildman–Crippen LogP) is 2.87. The van der Waals surface area contributed by atoms with Crippen LogP contribution in [0.1, 0.15) is 73.0 Å². The topological polar surface area (TPSA) is 60.7 Å². The molecular formula is C19H32O3. The fraction of sp³-hybridized carbons (Fsp3) is 1.00. The minimum Gasteiger partial charge on any atom is -0.393 e. The van der Waals surface area contributed by atoms with Crippen molar-refractivity contribution in [3.05, 3.63) is 0 Å². The van der Waals surface area contributed by atoms with Gasteiger partial charge in [0, 0.05) is 7.79 Å². The first kappa shape index (κ1) is 14.2. The highest BCUT2D eigenvalue weighted by Crippen LogP contribution is 2.67. The molecule has 0 bridgehead atoms. The Balaban J connectivity index is 1.68. The van der Waals surface area contributed by atoms with Crippen molar-refractivity contribution in [2.24, 2.45) is 28.6 Å². The van der Waals surface area contributed by atoms with Crippen LogP contribution in [-0.4, -0.2) is 33.1 Å². The summed E-state index contributed by atoms with van der Waals surface area (Å²) < 4.78 is 8.24. The highest BCUT2D eigenvalue weighted by molar-refractivity contribution is 5.14. The second-order valence-electron chi connectivity index (χ2n) is 9.21. The lowest BCUT2D eigenvalue weighted by Crippen LogP contribution is -2.63. The van der Waals surface area contributed by atoms with E-state index >= 15 is 0 Å². The van der Waals surface area contributed by atoms with Gasteiger partial charge >= 0.3 is 0 Å². The Morgan fingerprint density at radius 1 is 0.955 bits per heavy atom. The smallest absolute Gasteiger partial charge is 0.0728 e. The molecule has 0 amide bonds. The van der Waals surface area contributed by atoms with Crippen LogP contribution in [0.5, 0.6) is 0 Å². The van der Waals surface area contributed by atoms with Crippen molar-refractivity contribution in [1.29, 1.82) is 0 Å². The molecular weight excluding hydrogens is 276 g/mol. The predicted molar refractivity (Wildman–Crippen MR) is 85.2 cm³/mol. The molecule has 4 rings (SSSR count). The lowest BCUT2D eigenvalue weighted by atomic mass is 9.43. The summed E-state index contributed by atoms with van der Waals surface area (Å²) in [7, 11) is 0. The van der Waals surface area contributed by atoms with Gasteiger partial charge < -0.3 is 15.3 Å². The number of aliphatic hydroxyl groups is 3. The Kier molecular flexibility index (Phi) is 3.05.